The molecule has 4 heteroatoms. The van der Waals surface area contributed by atoms with Gasteiger partial charge in [0.2, 0.25) is 11.8 Å². The predicted molar refractivity (Wildman–Crippen MR) is 137 cm³/mol. The van der Waals surface area contributed by atoms with Crippen molar-refractivity contribution in [3.8, 4) is 0 Å². The number of rotatable bonds is 12. The topological polar surface area (TPSA) is 49.4 Å². The molecule has 184 valence electrons. The minimum Gasteiger partial charge on any atom is -0.356 e. The average molecular weight is 447 g/mol. The van der Waals surface area contributed by atoms with Gasteiger partial charge in [0, 0.05) is 24.9 Å². The van der Waals surface area contributed by atoms with Gasteiger partial charge in [0.15, 0.2) is 0 Å². The minimum absolute atomic E-state index is 0.102. The molecule has 0 spiro atoms. The Morgan fingerprint density at radius 1 is 0.781 bits per heavy atom. The Hall–Kier alpha value is -1.84. The molecule has 0 saturated carbocycles. The van der Waals surface area contributed by atoms with E-state index in [2.05, 4.69) is 63.9 Å². The van der Waals surface area contributed by atoms with Crippen LogP contribution in [0.15, 0.2) is 30.3 Å². The van der Waals surface area contributed by atoms with E-state index < -0.39 is 0 Å². The summed E-state index contributed by atoms with van der Waals surface area (Å²) >= 11 is 0. The van der Waals surface area contributed by atoms with Crippen LogP contribution in [0.25, 0.3) is 0 Å². The average Bonchev–Trinajstić information content (AvgIpc) is 2.84. The molecule has 5 atom stereocenters. The molecule has 0 aliphatic carbocycles. The fourth-order valence-electron chi connectivity index (χ4n) is 3.05. The molecular weight excluding hydrogens is 396 g/mol. The molecule has 1 aromatic rings. The highest BCUT2D eigenvalue weighted by Gasteiger charge is 2.25. The first-order valence-electron chi connectivity index (χ1n) is 12.8. The van der Waals surface area contributed by atoms with E-state index in [1.54, 1.807) is 0 Å². The van der Waals surface area contributed by atoms with Crippen molar-refractivity contribution in [2.45, 2.75) is 94.0 Å². The molecular formula is C28H50N2O2. The Balaban J connectivity index is 0.000000687. The molecule has 4 nitrogen and oxygen atoms in total. The molecule has 32 heavy (non-hydrogen) atoms. The Bertz CT molecular complexity index is 632. The number of nitrogens with zero attached hydrogens (tertiary/aromatic N) is 1. The van der Waals surface area contributed by atoms with E-state index in [0.717, 1.165) is 38.8 Å². The van der Waals surface area contributed by atoms with Gasteiger partial charge >= 0.3 is 0 Å². The van der Waals surface area contributed by atoms with Crippen molar-refractivity contribution in [2.75, 3.05) is 13.1 Å². The predicted octanol–water partition coefficient (Wildman–Crippen LogP) is 6.86. The number of hydrogen-bond acceptors (Lipinski definition) is 2. The molecule has 0 heterocycles. The first-order chi connectivity index (χ1) is 15.1. The molecule has 0 bridgehead atoms. The standard InChI is InChI=1S/C18H29NO.C10H21NO/c1-6-14(3)13-19(18(20)15(4)7-2)16(5)17-11-9-8-10-12-17;1-5-8(3)7-11-10(12)9(4)6-2/h8-12,14-16H,6-7,13H2,1-5H3;8-9H,5-7H2,1-4H3,(H,11,12)/t14?,15-,16+;8?,9-/m00/s1. The van der Waals surface area contributed by atoms with Gasteiger partial charge in [-0.1, -0.05) is 98.6 Å². The van der Waals surface area contributed by atoms with Gasteiger partial charge in [0.1, 0.15) is 0 Å². The first-order valence-corrected chi connectivity index (χ1v) is 12.8. The number of carbonyl (C=O) groups is 2. The van der Waals surface area contributed by atoms with Crippen LogP contribution < -0.4 is 5.32 Å². The van der Waals surface area contributed by atoms with Crippen LogP contribution in [0.5, 0.6) is 0 Å². The zero-order valence-electron chi connectivity index (χ0n) is 22.3. The van der Waals surface area contributed by atoms with E-state index in [-0.39, 0.29) is 29.7 Å². The van der Waals surface area contributed by atoms with Crippen molar-refractivity contribution in [3.63, 3.8) is 0 Å². The SMILES string of the molecule is CCC(C)CN(C(=O)[C@@H](C)CC)[C@H](C)c1ccccc1.CCC(C)CNC(=O)[C@@H](C)CC. The maximum absolute atomic E-state index is 12.7. The zero-order chi connectivity index (χ0) is 24.7. The molecule has 0 fully saturated rings. The van der Waals surface area contributed by atoms with Crippen LogP contribution in [0.2, 0.25) is 0 Å². The summed E-state index contributed by atoms with van der Waals surface area (Å²) in [5, 5.41) is 2.95. The van der Waals surface area contributed by atoms with Crippen LogP contribution >= 0.6 is 0 Å². The van der Waals surface area contributed by atoms with Crippen LogP contribution in [-0.2, 0) is 9.59 Å². The quantitative estimate of drug-likeness (QED) is 0.381. The second kappa shape index (κ2) is 16.7. The second-order valence-electron chi connectivity index (χ2n) is 9.47. The smallest absolute Gasteiger partial charge is 0.225 e. The number of carbonyl (C=O) groups excluding carboxylic acids is 2. The molecule has 2 unspecified atom stereocenters. The molecule has 0 aliphatic heterocycles. The largest absolute Gasteiger partial charge is 0.356 e. The van der Waals surface area contributed by atoms with Gasteiger partial charge in [-0.25, -0.2) is 0 Å². The summed E-state index contributed by atoms with van der Waals surface area (Å²) in [5.74, 6) is 1.87. The summed E-state index contributed by atoms with van der Waals surface area (Å²) in [6.07, 6.45) is 4.05. The number of benzene rings is 1. The van der Waals surface area contributed by atoms with E-state index in [4.69, 9.17) is 0 Å². The number of amides is 2. The highest BCUT2D eigenvalue weighted by atomic mass is 16.2. The fourth-order valence-corrected chi connectivity index (χ4v) is 3.05. The zero-order valence-corrected chi connectivity index (χ0v) is 22.3. The van der Waals surface area contributed by atoms with Crippen molar-refractivity contribution < 1.29 is 9.59 Å². The molecule has 1 aromatic carbocycles. The Kier molecular flexibility index (Phi) is 15.8. The molecule has 1 rings (SSSR count). The van der Waals surface area contributed by atoms with Crippen molar-refractivity contribution in [1.29, 1.82) is 0 Å². The van der Waals surface area contributed by atoms with Gasteiger partial charge in [-0.3, -0.25) is 9.59 Å². The van der Waals surface area contributed by atoms with E-state index in [1.807, 2.05) is 39.0 Å². The number of hydrogen-bond donors (Lipinski definition) is 1. The fraction of sp³-hybridized carbons (Fsp3) is 0.714. The lowest BCUT2D eigenvalue weighted by Gasteiger charge is -2.33. The molecule has 1 N–H and O–H groups in total. The summed E-state index contributed by atoms with van der Waals surface area (Å²) < 4.78 is 0. The van der Waals surface area contributed by atoms with Crippen molar-refractivity contribution in [3.05, 3.63) is 35.9 Å². The maximum atomic E-state index is 12.7. The van der Waals surface area contributed by atoms with Crippen LogP contribution in [0.3, 0.4) is 0 Å². The lowest BCUT2D eigenvalue weighted by atomic mass is 10.00. The summed E-state index contributed by atoms with van der Waals surface area (Å²) in [7, 11) is 0. The monoisotopic (exact) mass is 446 g/mol. The Morgan fingerprint density at radius 3 is 1.78 bits per heavy atom. The van der Waals surface area contributed by atoms with E-state index in [1.165, 1.54) is 5.56 Å². The lowest BCUT2D eigenvalue weighted by Crippen LogP contribution is -2.39. The molecule has 0 aliphatic rings. The van der Waals surface area contributed by atoms with Crippen molar-refractivity contribution in [1.82, 2.24) is 10.2 Å². The van der Waals surface area contributed by atoms with E-state index in [0.29, 0.717) is 11.8 Å². The van der Waals surface area contributed by atoms with Crippen LogP contribution in [0.4, 0.5) is 0 Å². The Morgan fingerprint density at radius 2 is 1.31 bits per heavy atom. The van der Waals surface area contributed by atoms with Gasteiger partial charge in [-0.05, 0) is 37.2 Å². The molecule has 2 amide bonds. The molecule has 0 saturated heterocycles. The second-order valence-corrected chi connectivity index (χ2v) is 9.47. The summed E-state index contributed by atoms with van der Waals surface area (Å²) in [5.41, 5.74) is 1.22. The third-order valence-corrected chi connectivity index (χ3v) is 6.65. The van der Waals surface area contributed by atoms with E-state index in [9.17, 15) is 9.59 Å². The van der Waals surface area contributed by atoms with Gasteiger partial charge in [0.25, 0.3) is 0 Å². The number of nitrogens with one attached hydrogen (secondary N) is 1. The highest BCUT2D eigenvalue weighted by Crippen LogP contribution is 2.24. The first kappa shape index (κ1) is 30.2. The van der Waals surface area contributed by atoms with Crippen LogP contribution in [0, 0.1) is 23.7 Å². The van der Waals surface area contributed by atoms with Crippen molar-refractivity contribution >= 4 is 11.8 Å². The summed E-state index contributed by atoms with van der Waals surface area (Å²) in [6.45, 7) is 20.6. The highest BCUT2D eigenvalue weighted by molar-refractivity contribution is 5.79. The molecule has 0 radical (unpaired) electrons. The maximum Gasteiger partial charge on any atom is 0.225 e. The van der Waals surface area contributed by atoms with Crippen molar-refractivity contribution in [2.24, 2.45) is 23.7 Å². The van der Waals surface area contributed by atoms with E-state index >= 15 is 0 Å². The van der Waals surface area contributed by atoms with Gasteiger partial charge in [-0.2, -0.15) is 0 Å². The van der Waals surface area contributed by atoms with Crippen LogP contribution in [-0.4, -0.2) is 29.8 Å². The van der Waals surface area contributed by atoms with Crippen LogP contribution in [0.1, 0.15) is 99.6 Å². The third kappa shape index (κ3) is 11.2. The minimum atomic E-state index is 0.102. The third-order valence-electron chi connectivity index (χ3n) is 6.65. The molecule has 0 aromatic heterocycles. The summed E-state index contributed by atoms with van der Waals surface area (Å²) in [6, 6.07) is 10.5. The lowest BCUT2D eigenvalue weighted by molar-refractivity contribution is -0.138. The summed E-state index contributed by atoms with van der Waals surface area (Å²) in [4.78, 5) is 26.0. The van der Waals surface area contributed by atoms with Gasteiger partial charge in [-0.15, -0.1) is 0 Å². The van der Waals surface area contributed by atoms with Gasteiger partial charge < -0.3 is 10.2 Å². The van der Waals surface area contributed by atoms with Gasteiger partial charge in [0.05, 0.1) is 6.04 Å². The normalized spacial score (nSPS) is 15.4. The Labute approximate surface area is 198 Å².